The van der Waals surface area contributed by atoms with E-state index in [1.165, 1.54) is 19.3 Å². The Hall–Kier alpha value is -1.03. The van der Waals surface area contributed by atoms with Crippen molar-refractivity contribution in [3.8, 4) is 5.75 Å². The van der Waals surface area contributed by atoms with Gasteiger partial charge in [0.15, 0.2) is 0 Å². The van der Waals surface area contributed by atoms with Crippen molar-refractivity contribution in [3.05, 3.63) is 23.8 Å². The molecule has 0 aromatic heterocycles. The number of carbonyl (C=O) groups excluding carboxylic acids is 1. The molecule has 1 amide bonds. The second-order valence-corrected chi connectivity index (χ2v) is 5.77. The Bertz CT molecular complexity index is 456. The molecule has 0 spiro atoms. The quantitative estimate of drug-likeness (QED) is 0.802. The van der Waals surface area contributed by atoms with E-state index in [-0.39, 0.29) is 11.8 Å². The molecule has 0 unspecified atom stereocenters. The third kappa shape index (κ3) is 3.98. The molecule has 1 fully saturated rings. The van der Waals surface area contributed by atoms with Crippen molar-refractivity contribution in [2.45, 2.75) is 44.4 Å². The minimum atomic E-state index is 0.161. The molecule has 1 saturated carbocycles. The lowest BCUT2D eigenvalue weighted by Crippen LogP contribution is -2.24. The zero-order valence-electron chi connectivity index (χ0n) is 12.0. The number of benzene rings is 1. The average molecular weight is 340 g/mol. The van der Waals surface area contributed by atoms with Gasteiger partial charge in [-0.1, -0.05) is 35.2 Å². The highest BCUT2D eigenvalue weighted by molar-refractivity contribution is 9.08. The summed E-state index contributed by atoms with van der Waals surface area (Å²) in [6, 6.07) is 5.83. The van der Waals surface area contributed by atoms with Crippen molar-refractivity contribution in [2.24, 2.45) is 5.92 Å². The van der Waals surface area contributed by atoms with Crippen LogP contribution in [0.3, 0.4) is 0 Å². The van der Waals surface area contributed by atoms with Crippen molar-refractivity contribution < 1.29 is 9.53 Å². The second kappa shape index (κ2) is 7.67. The van der Waals surface area contributed by atoms with Gasteiger partial charge >= 0.3 is 0 Å². The number of rotatable bonds is 5. The molecule has 1 aromatic carbocycles. The van der Waals surface area contributed by atoms with E-state index in [9.17, 15) is 4.79 Å². The first-order valence-electron chi connectivity index (χ1n) is 7.37. The minimum Gasteiger partial charge on any atom is -0.494 e. The number of hydrogen-bond acceptors (Lipinski definition) is 2. The number of halogens is 1. The Balaban J connectivity index is 2.03. The maximum Gasteiger partial charge on any atom is 0.227 e. The molecule has 110 valence electrons. The molecule has 0 atom stereocenters. The van der Waals surface area contributed by atoms with Crippen LogP contribution in [0.5, 0.6) is 5.75 Å². The largest absolute Gasteiger partial charge is 0.494 e. The van der Waals surface area contributed by atoms with E-state index in [0.717, 1.165) is 35.2 Å². The summed E-state index contributed by atoms with van der Waals surface area (Å²) in [7, 11) is 0. The third-order valence-corrected chi connectivity index (χ3v) is 4.35. The van der Waals surface area contributed by atoms with E-state index in [1.807, 2.05) is 25.1 Å². The van der Waals surface area contributed by atoms with Crippen molar-refractivity contribution in [1.82, 2.24) is 0 Å². The Morgan fingerprint density at radius 1 is 1.35 bits per heavy atom. The fraction of sp³-hybridized carbons (Fsp3) is 0.562. The fourth-order valence-electron chi connectivity index (χ4n) is 2.67. The van der Waals surface area contributed by atoms with Gasteiger partial charge in [0.2, 0.25) is 5.91 Å². The number of alkyl halides is 1. The van der Waals surface area contributed by atoms with Gasteiger partial charge in [-0.05, 0) is 38.0 Å². The van der Waals surface area contributed by atoms with Gasteiger partial charge in [-0.25, -0.2) is 0 Å². The zero-order valence-corrected chi connectivity index (χ0v) is 13.5. The number of ether oxygens (including phenoxy) is 1. The van der Waals surface area contributed by atoms with Crippen LogP contribution in [0.2, 0.25) is 0 Å². The molecule has 1 aliphatic carbocycles. The van der Waals surface area contributed by atoms with Crippen LogP contribution in [0.1, 0.15) is 44.6 Å². The number of amides is 1. The molecule has 20 heavy (non-hydrogen) atoms. The summed E-state index contributed by atoms with van der Waals surface area (Å²) in [5.41, 5.74) is 1.92. The highest BCUT2D eigenvalue weighted by Gasteiger charge is 2.21. The van der Waals surface area contributed by atoms with Gasteiger partial charge in [-0.2, -0.15) is 0 Å². The molecular formula is C16H22BrNO2. The first-order chi connectivity index (χ1) is 9.74. The molecule has 4 heteroatoms. The highest BCUT2D eigenvalue weighted by atomic mass is 79.9. The summed E-state index contributed by atoms with van der Waals surface area (Å²) >= 11 is 3.46. The van der Waals surface area contributed by atoms with Crippen molar-refractivity contribution in [2.75, 3.05) is 11.9 Å². The Kier molecular flexibility index (Phi) is 5.89. The van der Waals surface area contributed by atoms with Gasteiger partial charge in [0.05, 0.1) is 6.61 Å². The summed E-state index contributed by atoms with van der Waals surface area (Å²) in [6.07, 6.45) is 5.66. The molecule has 0 bridgehead atoms. The maximum atomic E-state index is 12.2. The smallest absolute Gasteiger partial charge is 0.227 e. The van der Waals surface area contributed by atoms with Gasteiger partial charge in [-0.3, -0.25) is 4.79 Å². The molecule has 3 nitrogen and oxygen atoms in total. The van der Waals surface area contributed by atoms with E-state index in [2.05, 4.69) is 21.2 Å². The summed E-state index contributed by atoms with van der Waals surface area (Å²) < 4.78 is 5.56. The van der Waals surface area contributed by atoms with Crippen LogP contribution >= 0.6 is 15.9 Å². The van der Waals surface area contributed by atoms with Crippen LogP contribution in [-0.4, -0.2) is 12.5 Å². The lowest BCUT2D eigenvalue weighted by Gasteiger charge is -2.21. The Labute approximate surface area is 129 Å². The number of carbonyl (C=O) groups is 1. The van der Waals surface area contributed by atoms with E-state index < -0.39 is 0 Å². The van der Waals surface area contributed by atoms with Crippen LogP contribution in [0, 0.1) is 5.92 Å². The predicted octanol–water partition coefficient (Wildman–Crippen LogP) is 4.50. The summed E-state index contributed by atoms with van der Waals surface area (Å²) in [4.78, 5) is 12.2. The van der Waals surface area contributed by atoms with E-state index in [0.29, 0.717) is 6.61 Å². The lowest BCUT2D eigenvalue weighted by molar-refractivity contribution is -0.120. The van der Waals surface area contributed by atoms with Gasteiger partial charge in [0.25, 0.3) is 0 Å². The predicted molar refractivity (Wildman–Crippen MR) is 85.4 cm³/mol. The number of nitrogens with one attached hydrogen (secondary N) is 1. The standard InChI is InChI=1S/C16H22BrNO2/c1-2-20-15-9-8-14(10-13(15)11-17)18-16(19)12-6-4-3-5-7-12/h8-10,12H,2-7,11H2,1H3,(H,18,19). The van der Waals surface area contributed by atoms with Crippen molar-refractivity contribution >= 4 is 27.5 Å². The van der Waals surface area contributed by atoms with Crippen LogP contribution in [-0.2, 0) is 10.1 Å². The van der Waals surface area contributed by atoms with Crippen LogP contribution in [0.4, 0.5) is 5.69 Å². The van der Waals surface area contributed by atoms with Gasteiger partial charge in [0.1, 0.15) is 5.75 Å². The molecule has 0 radical (unpaired) electrons. The number of hydrogen-bond donors (Lipinski definition) is 1. The molecular weight excluding hydrogens is 318 g/mol. The normalized spacial score (nSPS) is 15.9. The Morgan fingerprint density at radius 3 is 2.75 bits per heavy atom. The van der Waals surface area contributed by atoms with Gasteiger partial charge in [0, 0.05) is 22.5 Å². The lowest BCUT2D eigenvalue weighted by atomic mass is 9.88. The summed E-state index contributed by atoms with van der Waals surface area (Å²) in [5, 5.41) is 3.76. The first kappa shape index (κ1) is 15.4. The maximum absolute atomic E-state index is 12.2. The molecule has 0 aliphatic heterocycles. The van der Waals surface area contributed by atoms with Crippen LogP contribution in [0.15, 0.2) is 18.2 Å². The van der Waals surface area contributed by atoms with Crippen LogP contribution < -0.4 is 10.1 Å². The first-order valence-corrected chi connectivity index (χ1v) is 8.49. The van der Waals surface area contributed by atoms with Crippen LogP contribution in [0.25, 0.3) is 0 Å². The molecule has 0 saturated heterocycles. The van der Waals surface area contributed by atoms with Gasteiger partial charge in [-0.15, -0.1) is 0 Å². The molecule has 2 rings (SSSR count). The fourth-order valence-corrected chi connectivity index (χ4v) is 3.11. The van der Waals surface area contributed by atoms with E-state index >= 15 is 0 Å². The van der Waals surface area contributed by atoms with E-state index in [4.69, 9.17) is 4.74 Å². The van der Waals surface area contributed by atoms with Crippen molar-refractivity contribution in [3.63, 3.8) is 0 Å². The SMILES string of the molecule is CCOc1ccc(NC(=O)C2CCCCC2)cc1CBr. The molecule has 1 aliphatic rings. The topological polar surface area (TPSA) is 38.3 Å². The summed E-state index contributed by atoms with van der Waals surface area (Å²) in [5.74, 6) is 1.22. The number of anilines is 1. The minimum absolute atomic E-state index is 0.161. The monoisotopic (exact) mass is 339 g/mol. The summed E-state index contributed by atoms with van der Waals surface area (Å²) in [6.45, 7) is 2.62. The zero-order chi connectivity index (χ0) is 14.4. The molecule has 1 N–H and O–H groups in total. The Morgan fingerprint density at radius 2 is 2.10 bits per heavy atom. The van der Waals surface area contributed by atoms with E-state index in [1.54, 1.807) is 0 Å². The second-order valence-electron chi connectivity index (χ2n) is 5.21. The van der Waals surface area contributed by atoms with Crippen molar-refractivity contribution in [1.29, 1.82) is 0 Å². The average Bonchev–Trinajstić information content (AvgIpc) is 2.50. The highest BCUT2D eigenvalue weighted by Crippen LogP contribution is 2.28. The third-order valence-electron chi connectivity index (χ3n) is 3.75. The van der Waals surface area contributed by atoms with Gasteiger partial charge < -0.3 is 10.1 Å². The molecule has 1 aromatic rings. The molecule has 0 heterocycles.